The van der Waals surface area contributed by atoms with Crippen LogP contribution in [0, 0.1) is 0 Å². The zero-order valence-electron chi connectivity index (χ0n) is 16.5. The number of nitrogens with zero attached hydrogens (tertiary/aromatic N) is 4. The molecule has 0 bridgehead atoms. The molecule has 1 saturated heterocycles. The summed E-state index contributed by atoms with van der Waals surface area (Å²) in [4.78, 5) is 14.0. The summed E-state index contributed by atoms with van der Waals surface area (Å²) in [5.41, 5.74) is 6.87. The first-order chi connectivity index (χ1) is 15.2. The Morgan fingerprint density at radius 1 is 1.32 bits per heavy atom. The first kappa shape index (κ1) is 19.6. The highest BCUT2D eigenvalue weighted by Gasteiger charge is 2.41. The van der Waals surface area contributed by atoms with Crippen LogP contribution in [0.2, 0.25) is 5.02 Å². The summed E-state index contributed by atoms with van der Waals surface area (Å²) < 4.78 is 2.10. The Kier molecular flexibility index (Phi) is 4.91. The number of aromatic nitrogens is 3. The number of thioether (sulfide) groups is 1. The van der Waals surface area contributed by atoms with Gasteiger partial charge in [-0.1, -0.05) is 29.4 Å². The fourth-order valence-corrected chi connectivity index (χ4v) is 6.83. The first-order valence-corrected chi connectivity index (χ1v) is 12.4. The van der Waals surface area contributed by atoms with Crippen molar-refractivity contribution in [2.45, 2.75) is 37.0 Å². The molecule has 1 aromatic carbocycles. The number of rotatable bonds is 4. The standard InChI is InChI=1S/C20H20ClN7OS2/c21-11-4-3-5-12(8-11)24-15(29)9-30-20-26-25-19-27(20)18-16(17-22-10-23-28(17)19)13-6-1-2-7-14(13)31-18/h3-5,8,17,22-23H,1-2,6-7,9-10H2,(H,24,29). The summed E-state index contributed by atoms with van der Waals surface area (Å²) in [6.45, 7) is 0.687. The highest BCUT2D eigenvalue weighted by Crippen LogP contribution is 2.47. The third-order valence-electron chi connectivity index (χ3n) is 5.74. The van der Waals surface area contributed by atoms with Gasteiger partial charge in [-0.15, -0.1) is 21.5 Å². The second kappa shape index (κ2) is 7.79. The molecule has 3 aromatic rings. The maximum Gasteiger partial charge on any atom is 0.249 e. The van der Waals surface area contributed by atoms with Crippen LogP contribution in [-0.2, 0) is 17.6 Å². The molecule has 3 aliphatic rings. The van der Waals surface area contributed by atoms with Gasteiger partial charge in [0.25, 0.3) is 0 Å². The Labute approximate surface area is 192 Å². The second-order valence-electron chi connectivity index (χ2n) is 7.71. The van der Waals surface area contributed by atoms with Crippen molar-refractivity contribution >= 4 is 52.2 Å². The minimum absolute atomic E-state index is 0.0776. The minimum Gasteiger partial charge on any atom is -0.325 e. The van der Waals surface area contributed by atoms with E-state index in [0.717, 1.165) is 23.9 Å². The number of amides is 1. The monoisotopic (exact) mass is 473 g/mol. The maximum absolute atomic E-state index is 12.5. The molecule has 3 N–H and O–H groups in total. The summed E-state index contributed by atoms with van der Waals surface area (Å²) >= 11 is 9.25. The lowest BCUT2D eigenvalue weighted by molar-refractivity contribution is -0.113. The normalized spacial score (nSPS) is 18.9. The van der Waals surface area contributed by atoms with Crippen LogP contribution < -0.4 is 21.1 Å². The Morgan fingerprint density at radius 2 is 2.23 bits per heavy atom. The van der Waals surface area contributed by atoms with Crippen molar-refractivity contribution in [3.63, 3.8) is 0 Å². The predicted molar refractivity (Wildman–Crippen MR) is 123 cm³/mol. The Balaban J connectivity index is 1.29. The molecule has 0 spiro atoms. The lowest BCUT2D eigenvalue weighted by atomic mass is 9.94. The zero-order valence-corrected chi connectivity index (χ0v) is 18.9. The summed E-state index contributed by atoms with van der Waals surface area (Å²) in [5.74, 6) is 0.893. The molecule has 1 atom stereocenters. The number of nitrogens with one attached hydrogen (secondary N) is 3. The van der Waals surface area contributed by atoms with E-state index in [4.69, 9.17) is 11.6 Å². The third kappa shape index (κ3) is 3.33. The molecule has 6 rings (SSSR count). The molecule has 1 aliphatic carbocycles. The lowest BCUT2D eigenvalue weighted by Crippen LogP contribution is -2.39. The van der Waals surface area contributed by atoms with Gasteiger partial charge in [0.15, 0.2) is 5.16 Å². The molecule has 0 saturated carbocycles. The van der Waals surface area contributed by atoms with E-state index < -0.39 is 0 Å². The Bertz CT molecular complexity index is 1180. The predicted octanol–water partition coefficient (Wildman–Crippen LogP) is 3.48. The van der Waals surface area contributed by atoms with Crippen molar-refractivity contribution in [2.24, 2.45) is 0 Å². The number of anilines is 2. The Morgan fingerprint density at radius 3 is 3.13 bits per heavy atom. The van der Waals surface area contributed by atoms with Crippen molar-refractivity contribution in [3.05, 3.63) is 45.3 Å². The molecule has 160 valence electrons. The van der Waals surface area contributed by atoms with Gasteiger partial charge in [0.05, 0.1) is 12.4 Å². The van der Waals surface area contributed by atoms with Gasteiger partial charge in [-0.25, -0.2) is 9.99 Å². The molecule has 1 fully saturated rings. The number of hydrazine groups is 1. The quantitative estimate of drug-likeness (QED) is 0.500. The van der Waals surface area contributed by atoms with Gasteiger partial charge in [0, 0.05) is 21.2 Å². The summed E-state index contributed by atoms with van der Waals surface area (Å²) in [7, 11) is 0. The molecule has 2 aromatic heterocycles. The van der Waals surface area contributed by atoms with Crippen molar-refractivity contribution in [3.8, 4) is 5.00 Å². The SMILES string of the molecule is O=C(CSc1nnc2n1-c1sc3c(c1C1NCNN21)CCCC3)Nc1cccc(Cl)c1. The van der Waals surface area contributed by atoms with E-state index in [1.54, 1.807) is 12.1 Å². The molecule has 11 heteroatoms. The summed E-state index contributed by atoms with van der Waals surface area (Å²) in [5, 5.41) is 19.9. The van der Waals surface area contributed by atoms with Crippen LogP contribution in [0.15, 0.2) is 29.4 Å². The first-order valence-electron chi connectivity index (χ1n) is 10.2. The van der Waals surface area contributed by atoms with Gasteiger partial charge in [-0.3, -0.25) is 15.1 Å². The molecule has 8 nitrogen and oxygen atoms in total. The molecular weight excluding hydrogens is 454 g/mol. The largest absolute Gasteiger partial charge is 0.325 e. The van der Waals surface area contributed by atoms with Crippen molar-refractivity contribution in [1.82, 2.24) is 25.5 Å². The molecule has 1 unspecified atom stereocenters. The highest BCUT2D eigenvalue weighted by molar-refractivity contribution is 7.99. The molecule has 4 heterocycles. The molecule has 31 heavy (non-hydrogen) atoms. The fourth-order valence-electron chi connectivity index (χ4n) is 4.43. The van der Waals surface area contributed by atoms with Crippen LogP contribution in [0.3, 0.4) is 0 Å². The molecule has 2 aliphatic heterocycles. The van der Waals surface area contributed by atoms with Gasteiger partial charge >= 0.3 is 0 Å². The van der Waals surface area contributed by atoms with Crippen molar-refractivity contribution in [2.75, 3.05) is 22.7 Å². The molecular formula is C20H20ClN7OS2. The van der Waals surface area contributed by atoms with Crippen LogP contribution in [-0.4, -0.2) is 33.1 Å². The van der Waals surface area contributed by atoms with E-state index in [2.05, 4.69) is 35.8 Å². The fraction of sp³-hybridized carbons (Fsp3) is 0.350. The van der Waals surface area contributed by atoms with Crippen LogP contribution in [0.5, 0.6) is 0 Å². The maximum atomic E-state index is 12.5. The number of aryl methyl sites for hydroxylation is 1. The number of thiophene rings is 1. The average molecular weight is 474 g/mol. The lowest BCUT2D eigenvalue weighted by Gasteiger charge is -2.31. The van der Waals surface area contributed by atoms with E-state index in [-0.39, 0.29) is 17.8 Å². The van der Waals surface area contributed by atoms with Crippen LogP contribution in [0.25, 0.3) is 5.00 Å². The smallest absolute Gasteiger partial charge is 0.249 e. The summed E-state index contributed by atoms with van der Waals surface area (Å²) in [6, 6.07) is 7.15. The number of carbonyl (C=O) groups is 1. The zero-order chi connectivity index (χ0) is 20.9. The van der Waals surface area contributed by atoms with Crippen molar-refractivity contribution < 1.29 is 4.79 Å². The van der Waals surface area contributed by atoms with Gasteiger partial charge < -0.3 is 5.32 Å². The van der Waals surface area contributed by atoms with E-state index in [1.165, 1.54) is 45.6 Å². The van der Waals surface area contributed by atoms with Gasteiger partial charge in [0.1, 0.15) is 11.2 Å². The van der Waals surface area contributed by atoms with Crippen LogP contribution in [0.4, 0.5) is 11.6 Å². The minimum atomic E-state index is -0.107. The van der Waals surface area contributed by atoms with Gasteiger partial charge in [-0.2, -0.15) is 0 Å². The van der Waals surface area contributed by atoms with Crippen LogP contribution in [0.1, 0.15) is 35.0 Å². The van der Waals surface area contributed by atoms with Gasteiger partial charge in [0.2, 0.25) is 11.9 Å². The molecule has 0 radical (unpaired) electrons. The van der Waals surface area contributed by atoms with Crippen molar-refractivity contribution in [1.29, 1.82) is 0 Å². The van der Waals surface area contributed by atoms with Gasteiger partial charge in [-0.05, 0) is 49.4 Å². The van der Waals surface area contributed by atoms with E-state index >= 15 is 0 Å². The Hall–Kier alpha value is -2.11. The van der Waals surface area contributed by atoms with E-state index in [1.807, 2.05) is 23.5 Å². The number of carbonyl (C=O) groups excluding carboxylic acids is 1. The average Bonchev–Trinajstić information content (AvgIpc) is 3.47. The van der Waals surface area contributed by atoms with E-state index in [9.17, 15) is 4.79 Å². The third-order valence-corrected chi connectivity index (χ3v) is 8.20. The number of hydrogen-bond donors (Lipinski definition) is 3. The highest BCUT2D eigenvalue weighted by atomic mass is 35.5. The van der Waals surface area contributed by atoms with Crippen LogP contribution >= 0.6 is 34.7 Å². The topological polar surface area (TPSA) is 87.1 Å². The number of fused-ring (bicyclic) bond motifs is 8. The summed E-state index contributed by atoms with van der Waals surface area (Å²) in [6.07, 6.45) is 4.81. The second-order valence-corrected chi connectivity index (χ2v) is 10.2. The molecule has 1 amide bonds. The number of benzene rings is 1. The number of hydrogen-bond acceptors (Lipinski definition) is 8. The number of halogens is 1. The van der Waals surface area contributed by atoms with E-state index in [0.29, 0.717) is 17.4 Å².